The predicted molar refractivity (Wildman–Crippen MR) is 88.4 cm³/mol. The molecule has 0 aliphatic heterocycles. The molecule has 1 heterocycles. The van der Waals surface area contributed by atoms with Gasteiger partial charge in [-0.05, 0) is 18.1 Å². The van der Waals surface area contributed by atoms with Gasteiger partial charge in [0.25, 0.3) is 0 Å². The molecule has 0 bridgehead atoms. The smallest absolute Gasteiger partial charge is 0.113 e. The molecular formula is C18H18N2S. The van der Waals surface area contributed by atoms with E-state index in [0.29, 0.717) is 0 Å². The number of aromatic nitrogens is 1. The van der Waals surface area contributed by atoms with E-state index in [1.54, 1.807) is 11.3 Å². The van der Waals surface area contributed by atoms with Gasteiger partial charge in [0.2, 0.25) is 0 Å². The zero-order chi connectivity index (χ0) is 14.7. The molecule has 3 heteroatoms. The first-order valence-corrected chi connectivity index (χ1v) is 7.86. The summed E-state index contributed by atoms with van der Waals surface area (Å²) < 4.78 is 0. The number of hydrogen-bond acceptors (Lipinski definition) is 3. The van der Waals surface area contributed by atoms with Gasteiger partial charge >= 0.3 is 0 Å². The number of rotatable bonds is 4. The highest BCUT2D eigenvalue weighted by atomic mass is 32.1. The molecule has 0 aliphatic carbocycles. The molecule has 1 unspecified atom stereocenters. The van der Waals surface area contributed by atoms with E-state index in [4.69, 9.17) is 5.73 Å². The third-order valence-corrected chi connectivity index (χ3v) is 4.78. The van der Waals surface area contributed by atoms with Gasteiger partial charge in [-0.25, -0.2) is 4.98 Å². The highest BCUT2D eigenvalue weighted by molar-refractivity contribution is 7.09. The number of nitrogens with two attached hydrogens (primary N) is 1. The number of thiazole rings is 1. The minimum atomic E-state index is -0.545. The van der Waals surface area contributed by atoms with Crippen LogP contribution in [0.15, 0.2) is 72.2 Å². The molecule has 0 aliphatic rings. The van der Waals surface area contributed by atoms with E-state index in [-0.39, 0.29) is 5.92 Å². The summed E-state index contributed by atoms with van der Waals surface area (Å²) in [5.74, 6) is 0.0750. The van der Waals surface area contributed by atoms with Crippen LogP contribution in [-0.4, -0.2) is 4.98 Å². The third-order valence-electron chi connectivity index (χ3n) is 3.76. The van der Waals surface area contributed by atoms with E-state index in [1.807, 2.05) is 23.7 Å². The number of benzene rings is 2. The molecule has 106 valence electrons. The fourth-order valence-corrected chi connectivity index (χ4v) is 3.53. The maximum atomic E-state index is 6.74. The monoisotopic (exact) mass is 294 g/mol. The summed E-state index contributed by atoms with van der Waals surface area (Å²) in [5.41, 5.74) is 8.62. The Labute approximate surface area is 129 Å². The zero-order valence-electron chi connectivity index (χ0n) is 11.9. The molecule has 21 heavy (non-hydrogen) atoms. The van der Waals surface area contributed by atoms with Gasteiger partial charge in [-0.2, -0.15) is 0 Å². The Bertz CT molecular complexity index is 636. The van der Waals surface area contributed by atoms with Crippen molar-refractivity contribution < 1.29 is 0 Å². The molecule has 0 saturated heterocycles. The van der Waals surface area contributed by atoms with Crippen LogP contribution in [0.5, 0.6) is 0 Å². The highest BCUT2D eigenvalue weighted by Crippen LogP contribution is 2.40. The molecular weight excluding hydrogens is 276 g/mol. The molecule has 1 aromatic heterocycles. The van der Waals surface area contributed by atoms with Crippen molar-refractivity contribution in [1.82, 2.24) is 4.98 Å². The molecule has 2 aromatic carbocycles. The van der Waals surface area contributed by atoms with Gasteiger partial charge < -0.3 is 5.73 Å². The Hall–Kier alpha value is -1.97. The Kier molecular flexibility index (Phi) is 3.86. The van der Waals surface area contributed by atoms with Crippen LogP contribution in [0.25, 0.3) is 0 Å². The maximum Gasteiger partial charge on any atom is 0.113 e. The largest absolute Gasteiger partial charge is 0.319 e. The Morgan fingerprint density at radius 2 is 1.48 bits per heavy atom. The lowest BCUT2D eigenvalue weighted by Gasteiger charge is -2.33. The van der Waals surface area contributed by atoms with Gasteiger partial charge in [-0.1, -0.05) is 60.7 Å². The van der Waals surface area contributed by atoms with Crippen LogP contribution in [0.4, 0.5) is 0 Å². The molecule has 0 amide bonds. The summed E-state index contributed by atoms with van der Waals surface area (Å²) in [6.45, 7) is 2.07. The SMILES string of the molecule is CC(N)(c1nccs1)C(c1ccccc1)c1ccccc1. The van der Waals surface area contributed by atoms with Crippen LogP contribution in [0.2, 0.25) is 0 Å². The molecule has 3 rings (SSSR count). The normalized spacial score (nSPS) is 14.0. The lowest BCUT2D eigenvalue weighted by Crippen LogP contribution is -2.40. The van der Waals surface area contributed by atoms with Crippen LogP contribution < -0.4 is 5.73 Å². The summed E-state index contributed by atoms with van der Waals surface area (Å²) in [6, 6.07) is 20.8. The highest BCUT2D eigenvalue weighted by Gasteiger charge is 2.36. The summed E-state index contributed by atoms with van der Waals surface area (Å²) in [7, 11) is 0. The average molecular weight is 294 g/mol. The molecule has 3 aromatic rings. The molecule has 2 nitrogen and oxygen atoms in total. The minimum absolute atomic E-state index is 0.0750. The predicted octanol–water partition coefficient (Wildman–Crippen LogP) is 4.15. The van der Waals surface area contributed by atoms with Crippen LogP contribution >= 0.6 is 11.3 Å². The van der Waals surface area contributed by atoms with Gasteiger partial charge in [0.1, 0.15) is 5.01 Å². The van der Waals surface area contributed by atoms with Gasteiger partial charge in [-0.15, -0.1) is 11.3 Å². The van der Waals surface area contributed by atoms with E-state index in [1.165, 1.54) is 11.1 Å². The Balaban J connectivity index is 2.13. The maximum absolute atomic E-state index is 6.74. The summed E-state index contributed by atoms with van der Waals surface area (Å²) in [5, 5.41) is 2.94. The van der Waals surface area contributed by atoms with Crippen molar-refractivity contribution in [1.29, 1.82) is 0 Å². The van der Waals surface area contributed by atoms with E-state index >= 15 is 0 Å². The molecule has 0 fully saturated rings. The van der Waals surface area contributed by atoms with Crippen molar-refractivity contribution in [3.05, 3.63) is 88.4 Å². The van der Waals surface area contributed by atoms with Gasteiger partial charge in [-0.3, -0.25) is 0 Å². The topological polar surface area (TPSA) is 38.9 Å². The van der Waals surface area contributed by atoms with Crippen LogP contribution in [-0.2, 0) is 5.54 Å². The summed E-state index contributed by atoms with van der Waals surface area (Å²) in [6.07, 6.45) is 1.82. The average Bonchev–Trinajstić information content (AvgIpc) is 3.04. The first-order chi connectivity index (χ1) is 10.2. The summed E-state index contributed by atoms with van der Waals surface area (Å²) >= 11 is 1.61. The van der Waals surface area contributed by atoms with Crippen molar-refractivity contribution >= 4 is 11.3 Å². The second-order valence-electron chi connectivity index (χ2n) is 5.37. The van der Waals surface area contributed by atoms with Crippen LogP contribution in [0, 0.1) is 0 Å². The molecule has 0 saturated carbocycles. The van der Waals surface area contributed by atoms with Gasteiger partial charge in [0.15, 0.2) is 0 Å². The van der Waals surface area contributed by atoms with Crippen LogP contribution in [0.1, 0.15) is 29.0 Å². The van der Waals surface area contributed by atoms with Gasteiger partial charge in [0, 0.05) is 17.5 Å². The molecule has 2 N–H and O–H groups in total. The van der Waals surface area contributed by atoms with Crippen LogP contribution in [0.3, 0.4) is 0 Å². The molecule has 0 radical (unpaired) electrons. The summed E-state index contributed by atoms with van der Waals surface area (Å²) in [4.78, 5) is 4.45. The van der Waals surface area contributed by atoms with E-state index in [9.17, 15) is 0 Å². The first kappa shape index (κ1) is 14.0. The fourth-order valence-electron chi connectivity index (χ4n) is 2.79. The lowest BCUT2D eigenvalue weighted by molar-refractivity contribution is 0.430. The standard InChI is InChI=1S/C18H18N2S/c1-18(19,17-20-12-13-21-17)16(14-8-4-2-5-9-14)15-10-6-3-7-11-15/h2-13,16H,19H2,1H3. The van der Waals surface area contributed by atoms with Gasteiger partial charge in [0.05, 0.1) is 5.54 Å². The number of nitrogens with zero attached hydrogens (tertiary/aromatic N) is 1. The minimum Gasteiger partial charge on any atom is -0.319 e. The van der Waals surface area contributed by atoms with Crippen molar-refractivity contribution in [3.63, 3.8) is 0 Å². The van der Waals surface area contributed by atoms with Crippen molar-refractivity contribution in [2.24, 2.45) is 5.73 Å². The van der Waals surface area contributed by atoms with E-state index in [2.05, 4.69) is 60.4 Å². The third kappa shape index (κ3) is 2.75. The molecule has 0 spiro atoms. The number of hydrogen-bond donors (Lipinski definition) is 1. The van der Waals surface area contributed by atoms with E-state index < -0.39 is 5.54 Å². The quantitative estimate of drug-likeness (QED) is 0.785. The molecule has 1 atom stereocenters. The second kappa shape index (κ2) is 5.80. The second-order valence-corrected chi connectivity index (χ2v) is 6.27. The lowest BCUT2D eigenvalue weighted by atomic mass is 9.77. The first-order valence-electron chi connectivity index (χ1n) is 6.98. The Morgan fingerprint density at radius 1 is 0.952 bits per heavy atom. The van der Waals surface area contributed by atoms with Crippen molar-refractivity contribution in [3.8, 4) is 0 Å². The zero-order valence-corrected chi connectivity index (χ0v) is 12.8. The van der Waals surface area contributed by atoms with Crippen molar-refractivity contribution in [2.45, 2.75) is 18.4 Å². The Morgan fingerprint density at radius 3 is 1.90 bits per heavy atom. The van der Waals surface area contributed by atoms with Crippen molar-refractivity contribution in [2.75, 3.05) is 0 Å². The fraction of sp³-hybridized carbons (Fsp3) is 0.167. The van der Waals surface area contributed by atoms with E-state index in [0.717, 1.165) is 5.01 Å².